The monoisotopic (exact) mass is 486 g/mol. The van der Waals surface area contributed by atoms with Crippen molar-refractivity contribution < 1.29 is 14.3 Å². The summed E-state index contributed by atoms with van der Waals surface area (Å²) in [6, 6.07) is 22.5. The standard InChI is InChI=1S/C29H30N2O3S/c1-33-24-18-21-16-17-31(29(20-10-4-3-5-11-20)22(21)19-25(24)34-2)28(32)15-9-8-14-27-30-23-12-6-7-13-26(23)35-27/h3-7,10-13,18-19,29H,8-9,14-17H2,1-2H3. The van der Waals surface area contributed by atoms with E-state index in [0.29, 0.717) is 18.7 Å². The number of unbranched alkanes of at least 4 members (excludes halogenated alkanes) is 1. The molecule has 1 amide bonds. The summed E-state index contributed by atoms with van der Waals surface area (Å²) in [6.07, 6.45) is 4.06. The van der Waals surface area contributed by atoms with E-state index >= 15 is 0 Å². The summed E-state index contributed by atoms with van der Waals surface area (Å²) >= 11 is 1.75. The SMILES string of the molecule is COc1cc2c(cc1OC)C(c1ccccc1)N(C(=O)CCCCc1nc3ccccc3s1)CC2. The molecule has 35 heavy (non-hydrogen) atoms. The Morgan fingerprint density at radius 1 is 1.00 bits per heavy atom. The molecule has 0 N–H and O–H groups in total. The van der Waals surface area contributed by atoms with Gasteiger partial charge >= 0.3 is 0 Å². The maximum atomic E-state index is 13.5. The topological polar surface area (TPSA) is 51.7 Å². The minimum absolute atomic E-state index is 0.128. The highest BCUT2D eigenvalue weighted by atomic mass is 32.1. The van der Waals surface area contributed by atoms with Crippen molar-refractivity contribution in [1.82, 2.24) is 9.88 Å². The van der Waals surface area contributed by atoms with E-state index in [2.05, 4.69) is 36.4 Å². The lowest BCUT2D eigenvalue weighted by molar-refractivity contribution is -0.133. The van der Waals surface area contributed by atoms with Gasteiger partial charge in [0.1, 0.15) is 0 Å². The molecular formula is C29H30N2O3S. The Hall–Kier alpha value is -3.38. The van der Waals surface area contributed by atoms with Crippen LogP contribution in [0.3, 0.4) is 0 Å². The largest absolute Gasteiger partial charge is 0.493 e. The number of carbonyl (C=O) groups is 1. The van der Waals surface area contributed by atoms with Gasteiger partial charge in [0.25, 0.3) is 0 Å². The average Bonchev–Trinajstić information content (AvgIpc) is 3.33. The molecule has 2 heterocycles. The van der Waals surface area contributed by atoms with Crippen molar-refractivity contribution in [2.75, 3.05) is 20.8 Å². The van der Waals surface area contributed by atoms with E-state index in [1.807, 2.05) is 35.2 Å². The Morgan fingerprint density at radius 3 is 2.51 bits per heavy atom. The van der Waals surface area contributed by atoms with Gasteiger partial charge in [0, 0.05) is 13.0 Å². The smallest absolute Gasteiger partial charge is 0.223 e. The third-order valence-electron chi connectivity index (χ3n) is 6.68. The Bertz CT molecular complexity index is 1290. The van der Waals surface area contributed by atoms with Crippen LogP contribution >= 0.6 is 11.3 Å². The minimum Gasteiger partial charge on any atom is -0.493 e. The molecule has 0 fully saturated rings. The van der Waals surface area contributed by atoms with Gasteiger partial charge < -0.3 is 14.4 Å². The molecule has 0 saturated carbocycles. The molecule has 0 radical (unpaired) electrons. The highest BCUT2D eigenvalue weighted by Crippen LogP contribution is 2.41. The summed E-state index contributed by atoms with van der Waals surface area (Å²) in [5.74, 6) is 1.62. The predicted molar refractivity (Wildman–Crippen MR) is 140 cm³/mol. The molecule has 1 atom stereocenters. The number of hydrogen-bond donors (Lipinski definition) is 0. The van der Waals surface area contributed by atoms with Crippen LogP contribution in [-0.4, -0.2) is 36.6 Å². The summed E-state index contributed by atoms with van der Waals surface area (Å²) in [5, 5.41) is 1.15. The van der Waals surface area contributed by atoms with E-state index in [1.165, 1.54) is 10.3 Å². The van der Waals surface area contributed by atoms with E-state index < -0.39 is 0 Å². The van der Waals surface area contributed by atoms with Crippen molar-refractivity contribution >= 4 is 27.5 Å². The molecule has 0 bridgehead atoms. The van der Waals surface area contributed by atoms with Crippen LogP contribution in [0.15, 0.2) is 66.7 Å². The van der Waals surface area contributed by atoms with E-state index in [0.717, 1.165) is 53.1 Å². The third kappa shape index (κ3) is 4.89. The number of rotatable bonds is 8. The number of nitrogens with zero attached hydrogens (tertiary/aromatic N) is 2. The van der Waals surface area contributed by atoms with Gasteiger partial charge in [0.05, 0.1) is 35.5 Å². The Balaban J connectivity index is 1.31. The molecule has 0 saturated heterocycles. The van der Waals surface area contributed by atoms with Crippen LogP contribution in [-0.2, 0) is 17.6 Å². The molecule has 5 rings (SSSR count). The Morgan fingerprint density at radius 2 is 1.74 bits per heavy atom. The summed E-state index contributed by atoms with van der Waals surface area (Å²) in [4.78, 5) is 20.2. The van der Waals surface area contributed by atoms with Crippen LogP contribution in [0.5, 0.6) is 11.5 Å². The highest BCUT2D eigenvalue weighted by molar-refractivity contribution is 7.18. The molecule has 3 aromatic carbocycles. The first-order valence-corrected chi connectivity index (χ1v) is 12.9. The van der Waals surface area contributed by atoms with Crippen molar-refractivity contribution in [1.29, 1.82) is 0 Å². The van der Waals surface area contributed by atoms with Crippen molar-refractivity contribution in [3.05, 3.63) is 88.4 Å². The van der Waals surface area contributed by atoms with Gasteiger partial charge in [0.15, 0.2) is 11.5 Å². The number of fused-ring (bicyclic) bond motifs is 2. The van der Waals surface area contributed by atoms with Gasteiger partial charge in [-0.25, -0.2) is 4.98 Å². The summed E-state index contributed by atoms with van der Waals surface area (Å²) < 4.78 is 12.3. The van der Waals surface area contributed by atoms with Crippen LogP contribution in [0.1, 0.15) is 47.0 Å². The fourth-order valence-electron chi connectivity index (χ4n) is 4.93. The molecular weight excluding hydrogens is 456 g/mol. The third-order valence-corrected chi connectivity index (χ3v) is 7.77. The van der Waals surface area contributed by atoms with Crippen molar-refractivity contribution in [3.63, 3.8) is 0 Å². The van der Waals surface area contributed by atoms with Gasteiger partial charge in [-0.15, -0.1) is 11.3 Å². The van der Waals surface area contributed by atoms with Crippen molar-refractivity contribution in [3.8, 4) is 11.5 Å². The summed E-state index contributed by atoms with van der Waals surface area (Å²) in [5.41, 5.74) is 4.50. The molecule has 0 spiro atoms. The van der Waals surface area contributed by atoms with Crippen molar-refractivity contribution in [2.24, 2.45) is 0 Å². The zero-order chi connectivity index (χ0) is 24.2. The first-order chi connectivity index (χ1) is 17.2. The summed E-state index contributed by atoms with van der Waals surface area (Å²) in [6.45, 7) is 0.693. The number of aromatic nitrogens is 1. The molecule has 4 aromatic rings. The second kappa shape index (κ2) is 10.5. The Kier molecular flexibility index (Phi) is 7.00. The van der Waals surface area contributed by atoms with Crippen molar-refractivity contribution in [2.45, 2.75) is 38.1 Å². The molecule has 5 nitrogen and oxygen atoms in total. The zero-order valence-corrected chi connectivity index (χ0v) is 21.0. The number of thiazole rings is 1. The molecule has 0 aliphatic carbocycles. The number of methoxy groups -OCH3 is 2. The van der Waals surface area contributed by atoms with Crippen LogP contribution < -0.4 is 9.47 Å². The average molecular weight is 487 g/mol. The fourth-order valence-corrected chi connectivity index (χ4v) is 5.94. The first kappa shape index (κ1) is 23.4. The Labute approximate surface area is 210 Å². The lowest BCUT2D eigenvalue weighted by Crippen LogP contribution is -2.40. The molecule has 1 unspecified atom stereocenters. The summed E-state index contributed by atoms with van der Waals surface area (Å²) in [7, 11) is 3.31. The highest BCUT2D eigenvalue weighted by Gasteiger charge is 2.33. The molecule has 6 heteroatoms. The van der Waals surface area contributed by atoms with Gasteiger partial charge in [-0.05, 0) is 66.6 Å². The normalized spacial score (nSPS) is 15.1. The predicted octanol–water partition coefficient (Wildman–Crippen LogP) is 6.20. The van der Waals surface area contributed by atoms with Gasteiger partial charge in [-0.3, -0.25) is 4.79 Å². The van der Waals surface area contributed by atoms with Gasteiger partial charge in [-0.2, -0.15) is 0 Å². The van der Waals surface area contributed by atoms with E-state index in [4.69, 9.17) is 14.5 Å². The zero-order valence-electron chi connectivity index (χ0n) is 20.2. The fraction of sp³-hybridized carbons (Fsp3) is 0.310. The number of amides is 1. The number of aryl methyl sites for hydroxylation is 1. The van der Waals surface area contributed by atoms with Crippen LogP contribution in [0.4, 0.5) is 0 Å². The van der Waals surface area contributed by atoms with Crippen LogP contribution in [0.2, 0.25) is 0 Å². The lowest BCUT2D eigenvalue weighted by Gasteiger charge is -2.38. The lowest BCUT2D eigenvalue weighted by atomic mass is 9.87. The molecule has 180 valence electrons. The molecule has 1 aliphatic rings. The first-order valence-electron chi connectivity index (χ1n) is 12.1. The number of benzene rings is 3. The van der Waals surface area contributed by atoms with Crippen LogP contribution in [0.25, 0.3) is 10.2 Å². The number of carbonyl (C=O) groups excluding carboxylic acids is 1. The maximum Gasteiger partial charge on any atom is 0.223 e. The quantitative estimate of drug-likeness (QED) is 0.278. The minimum atomic E-state index is -0.128. The number of ether oxygens (including phenoxy) is 2. The maximum absolute atomic E-state index is 13.5. The molecule has 1 aliphatic heterocycles. The van der Waals surface area contributed by atoms with E-state index in [1.54, 1.807) is 25.6 Å². The van der Waals surface area contributed by atoms with Crippen LogP contribution in [0, 0.1) is 0 Å². The second-order valence-electron chi connectivity index (χ2n) is 8.84. The second-order valence-corrected chi connectivity index (χ2v) is 9.95. The van der Waals surface area contributed by atoms with E-state index in [9.17, 15) is 4.79 Å². The van der Waals surface area contributed by atoms with E-state index in [-0.39, 0.29) is 11.9 Å². The molecule has 1 aromatic heterocycles. The van der Waals surface area contributed by atoms with Gasteiger partial charge in [0.2, 0.25) is 5.91 Å². The number of hydrogen-bond acceptors (Lipinski definition) is 5. The number of para-hydroxylation sites is 1. The van der Waals surface area contributed by atoms with Gasteiger partial charge in [-0.1, -0.05) is 42.5 Å².